The van der Waals surface area contributed by atoms with Gasteiger partial charge in [-0.2, -0.15) is 0 Å². The lowest BCUT2D eigenvalue weighted by atomic mass is 10.6. The van der Waals surface area contributed by atoms with Gasteiger partial charge in [-0.25, -0.2) is 14.6 Å². The Morgan fingerprint density at radius 1 is 1.20 bits per heavy atom. The average molecular weight is 208 g/mol. The van der Waals surface area contributed by atoms with Gasteiger partial charge in [0.25, 0.3) is 0 Å². The number of aromatic nitrogens is 4. The molecule has 1 aliphatic heterocycles. The van der Waals surface area contributed by atoms with Crippen molar-refractivity contribution in [3.63, 3.8) is 0 Å². The first-order valence-electron chi connectivity index (χ1n) is 4.52. The normalized spacial score (nSPS) is 15.0. The van der Waals surface area contributed by atoms with E-state index < -0.39 is 0 Å². The van der Waals surface area contributed by atoms with Gasteiger partial charge in [-0.15, -0.1) is 0 Å². The van der Waals surface area contributed by atoms with Gasteiger partial charge in [0.15, 0.2) is 11.6 Å². The molecule has 0 aromatic carbocycles. The maximum atomic E-state index is 5.32. The van der Waals surface area contributed by atoms with Crippen LogP contribution in [0.25, 0.3) is 11.3 Å². The molecule has 0 amide bonds. The van der Waals surface area contributed by atoms with Gasteiger partial charge in [0, 0.05) is 6.61 Å². The molecule has 2 aromatic rings. The van der Waals surface area contributed by atoms with Crippen LogP contribution >= 0.6 is 0 Å². The fourth-order valence-electron chi connectivity index (χ4n) is 1.37. The minimum Gasteiger partial charge on any atom is -0.341 e. The molecule has 0 aliphatic carbocycles. The number of fused-ring (bicyclic) bond motifs is 2. The van der Waals surface area contributed by atoms with Crippen LogP contribution in [0.3, 0.4) is 0 Å². The van der Waals surface area contributed by atoms with E-state index in [-0.39, 0.29) is 6.35 Å². The summed E-state index contributed by atoms with van der Waals surface area (Å²) in [5.74, 6) is 1.19. The third-order valence-corrected chi connectivity index (χ3v) is 1.98. The molecule has 1 aliphatic rings. The average Bonchev–Trinajstić information content (AvgIpc) is 2.78. The Morgan fingerprint density at radius 2 is 1.80 bits per heavy atom. The van der Waals surface area contributed by atoms with E-state index >= 15 is 0 Å². The van der Waals surface area contributed by atoms with Crippen LogP contribution in [0.15, 0.2) is 4.63 Å². The summed E-state index contributed by atoms with van der Waals surface area (Å²) in [6.45, 7) is 2.50. The van der Waals surface area contributed by atoms with Crippen LogP contribution in [0.1, 0.15) is 6.92 Å². The van der Waals surface area contributed by atoms with Crippen LogP contribution in [0.2, 0.25) is 0 Å². The van der Waals surface area contributed by atoms with Crippen LogP contribution in [-0.4, -0.2) is 33.2 Å². The highest BCUT2D eigenvalue weighted by Gasteiger charge is 2.24. The molecule has 8 nitrogen and oxygen atoms in total. The van der Waals surface area contributed by atoms with E-state index in [1.165, 1.54) is 0 Å². The number of rotatable bonds is 2. The van der Waals surface area contributed by atoms with Crippen molar-refractivity contribution in [2.24, 2.45) is 0 Å². The van der Waals surface area contributed by atoms with E-state index in [9.17, 15) is 0 Å². The molecule has 0 atom stereocenters. The fraction of sp³-hybridized carbons (Fsp3) is 0.429. The summed E-state index contributed by atoms with van der Waals surface area (Å²) < 4.78 is 9.83. The predicted octanol–water partition coefficient (Wildman–Crippen LogP) is 0.170. The molecule has 0 radical (unpaired) electrons. The Labute approximate surface area is 84.0 Å². The van der Waals surface area contributed by atoms with E-state index in [1.54, 1.807) is 0 Å². The van der Waals surface area contributed by atoms with Crippen molar-refractivity contribution in [3.8, 4) is 0 Å². The molecule has 0 bridgehead atoms. The Kier molecular flexibility index (Phi) is 1.68. The number of hydrogen-bond acceptors (Lipinski definition) is 8. The lowest BCUT2D eigenvalue weighted by Crippen LogP contribution is -2.25. The largest absolute Gasteiger partial charge is 0.341 e. The summed E-state index contributed by atoms with van der Waals surface area (Å²) in [6.07, 6.45) is -0.298. The Morgan fingerprint density at radius 3 is 2.33 bits per heavy atom. The van der Waals surface area contributed by atoms with Gasteiger partial charge in [0.2, 0.25) is 17.6 Å². The van der Waals surface area contributed by atoms with Gasteiger partial charge < -0.3 is 15.4 Å². The van der Waals surface area contributed by atoms with Gasteiger partial charge in [0.1, 0.15) is 0 Å². The number of ether oxygens (including phenoxy) is 1. The van der Waals surface area contributed by atoms with Gasteiger partial charge in [-0.3, -0.25) is 0 Å². The van der Waals surface area contributed by atoms with E-state index in [0.717, 1.165) is 0 Å². The summed E-state index contributed by atoms with van der Waals surface area (Å²) in [7, 11) is 0. The fourth-order valence-corrected chi connectivity index (χ4v) is 1.37. The second-order valence-electron chi connectivity index (χ2n) is 2.96. The molecule has 0 fully saturated rings. The molecule has 3 heterocycles. The highest BCUT2D eigenvalue weighted by atomic mass is 16.6. The zero-order valence-corrected chi connectivity index (χ0v) is 7.89. The first-order valence-corrected chi connectivity index (χ1v) is 4.52. The molecule has 0 saturated heterocycles. The van der Waals surface area contributed by atoms with Gasteiger partial charge in [-0.1, -0.05) is 0 Å². The minimum atomic E-state index is -0.298. The molecule has 3 rings (SSSR count). The summed E-state index contributed by atoms with van der Waals surface area (Å²) in [5, 5.41) is 13.2. The maximum Gasteiger partial charge on any atom is 0.245 e. The summed E-state index contributed by atoms with van der Waals surface area (Å²) in [4.78, 5) is 8.33. The van der Waals surface area contributed by atoms with E-state index in [0.29, 0.717) is 29.5 Å². The molecular weight excluding hydrogens is 200 g/mol. The molecule has 15 heavy (non-hydrogen) atoms. The van der Waals surface area contributed by atoms with Gasteiger partial charge >= 0.3 is 0 Å². The standard InChI is InChI=1S/C7H8N6O2/c1-2-14-7-10-3-4(11-7)9-6-5(8-3)12-15-13-6/h7H,2H2,1H3,(H,8,10,12)(H,9,11,13). The summed E-state index contributed by atoms with van der Waals surface area (Å²) >= 11 is 0. The van der Waals surface area contributed by atoms with Crippen molar-refractivity contribution in [2.75, 3.05) is 17.2 Å². The topological polar surface area (TPSA) is 98.0 Å². The van der Waals surface area contributed by atoms with Gasteiger partial charge in [0.05, 0.1) is 0 Å². The molecule has 8 heteroatoms. The van der Waals surface area contributed by atoms with Crippen LogP contribution < -0.4 is 10.6 Å². The number of nitrogens with zero attached hydrogens (tertiary/aromatic N) is 4. The van der Waals surface area contributed by atoms with Crippen LogP contribution in [0.5, 0.6) is 0 Å². The minimum absolute atomic E-state index is 0.298. The molecule has 0 spiro atoms. The summed E-state index contributed by atoms with van der Waals surface area (Å²) in [6, 6.07) is 0. The zero-order chi connectivity index (χ0) is 10.3. The quantitative estimate of drug-likeness (QED) is 0.720. The predicted molar refractivity (Wildman–Crippen MR) is 50.1 cm³/mol. The first kappa shape index (κ1) is 8.36. The third-order valence-electron chi connectivity index (χ3n) is 1.98. The lowest BCUT2D eigenvalue weighted by molar-refractivity contribution is 0.105. The second kappa shape index (κ2) is 3.02. The van der Waals surface area contributed by atoms with Crippen molar-refractivity contribution >= 4 is 22.9 Å². The van der Waals surface area contributed by atoms with Crippen molar-refractivity contribution < 1.29 is 9.37 Å². The van der Waals surface area contributed by atoms with Crippen LogP contribution in [0.4, 0.5) is 11.6 Å². The van der Waals surface area contributed by atoms with Crippen molar-refractivity contribution in [1.29, 1.82) is 0 Å². The number of anilines is 2. The van der Waals surface area contributed by atoms with Crippen molar-refractivity contribution in [2.45, 2.75) is 13.3 Å². The Bertz CT molecular complexity index is 457. The van der Waals surface area contributed by atoms with Crippen LogP contribution in [0, 0.1) is 0 Å². The molecule has 78 valence electrons. The lowest BCUT2D eigenvalue weighted by Gasteiger charge is -2.09. The monoisotopic (exact) mass is 208 g/mol. The molecule has 0 saturated carbocycles. The number of hydrogen-bond donors (Lipinski definition) is 2. The third kappa shape index (κ3) is 1.26. The highest BCUT2D eigenvalue weighted by Crippen LogP contribution is 2.26. The maximum absolute atomic E-state index is 5.32. The van der Waals surface area contributed by atoms with E-state index in [2.05, 4.69) is 35.5 Å². The highest BCUT2D eigenvalue weighted by molar-refractivity contribution is 5.75. The molecule has 0 unspecified atom stereocenters. The zero-order valence-electron chi connectivity index (χ0n) is 7.89. The molecule has 2 aromatic heterocycles. The summed E-state index contributed by atoms with van der Waals surface area (Å²) in [5.41, 5.74) is 0.750. The SMILES string of the molecule is CCOC1Nc2nc3nonc3nc2N1. The molecular formula is C7H8N6O2. The van der Waals surface area contributed by atoms with E-state index in [4.69, 9.17) is 4.74 Å². The Balaban J connectivity index is 1.98. The molecule has 2 N–H and O–H groups in total. The van der Waals surface area contributed by atoms with E-state index in [1.807, 2.05) is 6.92 Å². The smallest absolute Gasteiger partial charge is 0.245 e. The van der Waals surface area contributed by atoms with Crippen molar-refractivity contribution in [3.05, 3.63) is 0 Å². The van der Waals surface area contributed by atoms with Crippen LogP contribution in [-0.2, 0) is 4.74 Å². The number of nitrogens with one attached hydrogen (secondary N) is 2. The second-order valence-corrected chi connectivity index (χ2v) is 2.96. The van der Waals surface area contributed by atoms with Crippen molar-refractivity contribution in [1.82, 2.24) is 20.3 Å². The first-order chi connectivity index (χ1) is 7.36. The van der Waals surface area contributed by atoms with Gasteiger partial charge in [-0.05, 0) is 17.2 Å². The Hall–Kier alpha value is -1.96.